The van der Waals surface area contributed by atoms with Gasteiger partial charge in [-0.2, -0.15) is 0 Å². The van der Waals surface area contributed by atoms with Gasteiger partial charge in [-0.05, 0) is 40.0 Å². The van der Waals surface area contributed by atoms with Crippen LogP contribution in [-0.4, -0.2) is 90.5 Å². The lowest BCUT2D eigenvalue weighted by Crippen LogP contribution is -2.46. The number of ether oxygens (including phenoxy) is 2. The van der Waals surface area contributed by atoms with Crippen LogP contribution in [0.15, 0.2) is 0 Å². The zero-order valence-electron chi connectivity index (χ0n) is 36.6. The van der Waals surface area contributed by atoms with E-state index in [1.165, 1.54) is 77.0 Å². The van der Waals surface area contributed by atoms with E-state index in [1.54, 1.807) is 0 Å². The molecule has 0 saturated carbocycles. The van der Waals surface area contributed by atoms with E-state index in [0.717, 1.165) is 38.5 Å². The predicted molar refractivity (Wildman–Crippen MR) is 227 cm³/mol. The minimum Gasteiger partial charge on any atom is -0.462 e. The number of phosphoric ester groups is 1. The van der Waals surface area contributed by atoms with E-state index in [-0.39, 0.29) is 32.6 Å². The molecule has 0 aliphatic carbocycles. The lowest BCUT2D eigenvalue weighted by molar-refractivity contribution is -0.161. The first-order chi connectivity index (χ1) is 27.6. The quantitative estimate of drug-likeness (QED) is 0.0230. The van der Waals surface area contributed by atoms with Crippen molar-refractivity contribution in [2.24, 2.45) is 0 Å². The number of hydrogen-bond donors (Lipinski definition) is 3. The molecule has 2 amide bonds. The molecule has 16 heteroatoms. The van der Waals surface area contributed by atoms with Crippen LogP contribution in [0, 0.1) is 0 Å². The van der Waals surface area contributed by atoms with Gasteiger partial charge in [0.25, 0.3) is 0 Å². The number of amides is 2. The van der Waals surface area contributed by atoms with E-state index in [0.29, 0.717) is 51.7 Å². The topological polar surface area (TPSA) is 177 Å². The van der Waals surface area contributed by atoms with E-state index < -0.39 is 47.3 Å². The Labute approximate surface area is 347 Å². The molecule has 1 unspecified atom stereocenters. The van der Waals surface area contributed by atoms with Gasteiger partial charge in [-0.3, -0.25) is 18.6 Å². The average molecular weight is 855 g/mol. The molecule has 0 spiro atoms. The van der Waals surface area contributed by atoms with Crippen LogP contribution in [-0.2, 0) is 46.0 Å². The summed E-state index contributed by atoms with van der Waals surface area (Å²) in [5.41, 5.74) is 0. The number of hydrogen-bond acceptors (Lipinski definition) is 11. The summed E-state index contributed by atoms with van der Waals surface area (Å²) in [6, 6.07) is 0.0725. The van der Waals surface area contributed by atoms with Crippen molar-refractivity contribution >= 4 is 34.6 Å². The van der Waals surface area contributed by atoms with E-state index >= 15 is 0 Å². The van der Waals surface area contributed by atoms with Gasteiger partial charge < -0.3 is 38.3 Å². The highest BCUT2D eigenvalue weighted by molar-refractivity contribution is 7.47. The number of phosphoric acid groups is 1. The van der Waals surface area contributed by atoms with Crippen molar-refractivity contribution in [2.45, 2.75) is 194 Å². The van der Waals surface area contributed by atoms with E-state index in [4.69, 9.17) is 31.8 Å². The number of carbonyl (C=O) groups is 3. The molecular formula is C41H83N2O12PSi. The second-order valence-electron chi connectivity index (χ2n) is 14.5. The number of urea groups is 1. The van der Waals surface area contributed by atoms with Crippen LogP contribution in [0.4, 0.5) is 4.79 Å². The Hall–Kier alpha value is -1.58. The van der Waals surface area contributed by atoms with Gasteiger partial charge in [0.05, 0.1) is 13.2 Å². The third-order valence-corrected chi connectivity index (χ3v) is 13.4. The highest BCUT2D eigenvalue weighted by Crippen LogP contribution is 2.43. The van der Waals surface area contributed by atoms with Gasteiger partial charge in [0, 0.05) is 51.8 Å². The molecule has 0 rings (SSSR count). The molecule has 0 aromatic carbocycles. The second kappa shape index (κ2) is 38.6. The van der Waals surface area contributed by atoms with Crippen molar-refractivity contribution in [3.05, 3.63) is 0 Å². The highest BCUT2D eigenvalue weighted by Gasteiger charge is 2.39. The Morgan fingerprint density at radius 2 is 1.00 bits per heavy atom. The third-order valence-electron chi connectivity index (χ3n) is 9.30. The lowest BCUT2D eigenvalue weighted by atomic mass is 10.1. The minimum absolute atomic E-state index is 0.0664. The summed E-state index contributed by atoms with van der Waals surface area (Å²) >= 11 is 0. The summed E-state index contributed by atoms with van der Waals surface area (Å²) in [6.07, 6.45) is 22.7. The van der Waals surface area contributed by atoms with E-state index in [9.17, 15) is 23.8 Å². The van der Waals surface area contributed by atoms with Crippen molar-refractivity contribution in [1.82, 2.24) is 10.6 Å². The van der Waals surface area contributed by atoms with Crippen LogP contribution in [0.2, 0.25) is 6.04 Å². The summed E-state index contributed by atoms with van der Waals surface area (Å²) in [4.78, 5) is 47.7. The Bertz CT molecular complexity index is 1010. The van der Waals surface area contributed by atoms with Crippen LogP contribution in [0.5, 0.6) is 0 Å². The summed E-state index contributed by atoms with van der Waals surface area (Å²) in [6.45, 7) is 10.6. The molecule has 0 fully saturated rings. The molecule has 0 aliphatic heterocycles. The van der Waals surface area contributed by atoms with Gasteiger partial charge >= 0.3 is 34.6 Å². The molecule has 338 valence electrons. The van der Waals surface area contributed by atoms with Crippen molar-refractivity contribution in [1.29, 1.82) is 0 Å². The molecule has 0 bridgehead atoms. The highest BCUT2D eigenvalue weighted by atomic mass is 31.2. The normalized spacial score (nSPS) is 13.2. The molecule has 57 heavy (non-hydrogen) atoms. The number of nitrogens with one attached hydrogen (secondary N) is 2. The van der Waals surface area contributed by atoms with Crippen molar-refractivity contribution in [3.63, 3.8) is 0 Å². The van der Waals surface area contributed by atoms with Crippen LogP contribution < -0.4 is 10.6 Å². The molecule has 0 aliphatic rings. The fourth-order valence-corrected chi connectivity index (χ4v) is 9.61. The van der Waals surface area contributed by atoms with Crippen LogP contribution in [0.25, 0.3) is 0 Å². The lowest BCUT2D eigenvalue weighted by Gasteiger charge is -2.28. The Balaban J connectivity index is 4.71. The number of unbranched alkanes of at least 4 members (excludes halogenated alkanes) is 18. The van der Waals surface area contributed by atoms with Crippen molar-refractivity contribution in [3.8, 4) is 0 Å². The standard InChI is InChI=1S/C41H83N2O12PSi/c1-6-11-13-15-17-19-21-23-25-27-30-39(44)49-36-38(55-40(45)31-28-26-24-22-20-18-16-14-12-7-2)37-51-56(47,48)50-34-33-43-41(46)42-32-29-35-57(52-8-3,53-9-4)54-10-5/h38H,6-37H2,1-5H3,(H,47,48)(H2,42,43,46)/t38-/m1/s1. The van der Waals surface area contributed by atoms with Gasteiger partial charge in [-0.1, -0.05) is 129 Å². The second-order valence-corrected chi connectivity index (χ2v) is 18.7. The molecule has 2 atom stereocenters. The maximum absolute atomic E-state index is 12.7. The zero-order chi connectivity index (χ0) is 42.3. The molecule has 0 heterocycles. The van der Waals surface area contributed by atoms with E-state index in [2.05, 4.69) is 24.5 Å². The zero-order valence-corrected chi connectivity index (χ0v) is 38.5. The molecule has 0 saturated heterocycles. The minimum atomic E-state index is -4.59. The fraction of sp³-hybridized carbons (Fsp3) is 0.927. The van der Waals surface area contributed by atoms with Gasteiger partial charge in [-0.25, -0.2) is 9.36 Å². The number of rotatable bonds is 42. The average Bonchev–Trinajstić information content (AvgIpc) is 3.18. The number of carbonyl (C=O) groups excluding carboxylic acids is 3. The van der Waals surface area contributed by atoms with Gasteiger partial charge in [0.15, 0.2) is 6.10 Å². The summed E-state index contributed by atoms with van der Waals surface area (Å²) in [7, 11) is -7.39. The first kappa shape index (κ1) is 55.4. The summed E-state index contributed by atoms with van der Waals surface area (Å²) < 4.78 is 51.2. The first-order valence-corrected chi connectivity index (χ1v) is 25.9. The molecule has 0 radical (unpaired) electrons. The maximum Gasteiger partial charge on any atom is 0.500 e. The molecule has 14 nitrogen and oxygen atoms in total. The molecule has 0 aromatic rings. The third kappa shape index (κ3) is 34.9. The van der Waals surface area contributed by atoms with Gasteiger partial charge in [0.2, 0.25) is 0 Å². The Morgan fingerprint density at radius 1 is 0.561 bits per heavy atom. The van der Waals surface area contributed by atoms with Crippen LogP contribution >= 0.6 is 7.82 Å². The molecule has 0 aromatic heterocycles. The molecular weight excluding hydrogens is 772 g/mol. The van der Waals surface area contributed by atoms with Crippen molar-refractivity contribution < 1.29 is 55.6 Å². The van der Waals surface area contributed by atoms with E-state index in [1.807, 2.05) is 20.8 Å². The monoisotopic (exact) mass is 855 g/mol. The van der Waals surface area contributed by atoms with Crippen molar-refractivity contribution in [2.75, 3.05) is 52.7 Å². The summed E-state index contributed by atoms with van der Waals surface area (Å²) in [5.74, 6) is -0.906. The summed E-state index contributed by atoms with van der Waals surface area (Å²) in [5, 5.41) is 5.29. The smallest absolute Gasteiger partial charge is 0.462 e. The van der Waals surface area contributed by atoms with Gasteiger partial charge in [0.1, 0.15) is 6.61 Å². The number of esters is 2. The first-order valence-electron chi connectivity index (χ1n) is 22.5. The van der Waals surface area contributed by atoms with Crippen LogP contribution in [0.3, 0.4) is 0 Å². The van der Waals surface area contributed by atoms with Gasteiger partial charge in [-0.15, -0.1) is 0 Å². The van der Waals surface area contributed by atoms with Crippen LogP contribution in [0.1, 0.15) is 182 Å². The Morgan fingerprint density at radius 3 is 1.47 bits per heavy atom. The molecule has 3 N–H and O–H groups in total. The predicted octanol–water partition coefficient (Wildman–Crippen LogP) is 9.93. The fourth-order valence-electron chi connectivity index (χ4n) is 6.24. The SMILES string of the molecule is CCCCCCCCCCCCC(=O)OC[C@H](COP(=O)(O)OCCNC(=O)NCCC[Si](OCC)(OCC)OCC)OC(=O)CCCCCCCCCCCC. The Kier molecular flexibility index (Phi) is 37.5. The maximum atomic E-state index is 12.7. The largest absolute Gasteiger partial charge is 0.500 e.